The second kappa shape index (κ2) is 17.3. The van der Waals surface area contributed by atoms with E-state index in [9.17, 15) is 0 Å². The van der Waals surface area contributed by atoms with Gasteiger partial charge in [0.25, 0.3) is 0 Å². The SMILES string of the molecule is c1ccc(-c2ccc(-c3ccc(N(c4ccc(-c5c(-c6ccccc6)ccc6ccccc56)cc4)c4cccc(-c5cc6ccccc6c6ccccc56)c4)cc3)cc2-c2ccccc2)cc1. The quantitative estimate of drug-likeness (QED) is 0.131. The van der Waals surface area contributed by atoms with E-state index in [1.54, 1.807) is 0 Å². The Morgan fingerprint density at radius 2 is 0.687 bits per heavy atom. The van der Waals surface area contributed by atoms with Gasteiger partial charge in [-0.25, -0.2) is 0 Å². The molecule has 0 heterocycles. The zero-order chi connectivity index (χ0) is 44.5. The van der Waals surface area contributed by atoms with Crippen molar-refractivity contribution >= 4 is 49.4 Å². The molecule has 1 heteroatoms. The lowest BCUT2D eigenvalue weighted by atomic mass is 9.89. The van der Waals surface area contributed by atoms with Gasteiger partial charge >= 0.3 is 0 Å². The summed E-state index contributed by atoms with van der Waals surface area (Å²) < 4.78 is 0. The van der Waals surface area contributed by atoms with Crippen LogP contribution in [0.4, 0.5) is 17.1 Å². The zero-order valence-electron chi connectivity index (χ0n) is 36.9. The Kier molecular flexibility index (Phi) is 10.3. The second-order valence-corrected chi connectivity index (χ2v) is 17.2. The van der Waals surface area contributed by atoms with Crippen LogP contribution in [0.1, 0.15) is 0 Å². The van der Waals surface area contributed by atoms with E-state index in [4.69, 9.17) is 0 Å². The van der Waals surface area contributed by atoms with Gasteiger partial charge in [-0.05, 0) is 148 Å². The predicted molar refractivity (Wildman–Crippen MR) is 286 cm³/mol. The van der Waals surface area contributed by atoms with Crippen LogP contribution in [0, 0.1) is 0 Å². The minimum Gasteiger partial charge on any atom is -0.310 e. The van der Waals surface area contributed by atoms with Crippen molar-refractivity contribution in [3.05, 3.63) is 273 Å². The van der Waals surface area contributed by atoms with Crippen LogP contribution in [0.25, 0.3) is 99.1 Å². The van der Waals surface area contributed by atoms with Gasteiger partial charge in [0.05, 0.1) is 0 Å². The molecule has 0 aliphatic heterocycles. The largest absolute Gasteiger partial charge is 0.310 e. The standard InChI is InChI=1S/C66H45N/c1-4-17-47(18-5-1)59-41-36-52(44-64(59)49-21-8-3-9-22-49)46-31-37-55(38-32-46)67(57-26-16-25-53(43-57)65-45-54-24-11-12-27-58(54)62-29-14-15-30-63(62)65)56-39-33-51(34-40-56)66-60-28-13-10-23-50(60)35-42-61(66)48-19-6-2-7-20-48/h1-45H. The van der Waals surface area contributed by atoms with Crippen LogP contribution in [0.3, 0.4) is 0 Å². The van der Waals surface area contributed by atoms with E-state index in [0.29, 0.717) is 0 Å². The fourth-order valence-corrected chi connectivity index (χ4v) is 10.0. The minimum atomic E-state index is 1.08. The summed E-state index contributed by atoms with van der Waals surface area (Å²) in [5, 5.41) is 7.49. The molecule has 1 nitrogen and oxygen atoms in total. The molecule has 0 atom stereocenters. The molecule has 0 fully saturated rings. The van der Waals surface area contributed by atoms with Crippen LogP contribution in [-0.2, 0) is 0 Å². The summed E-state index contributed by atoms with van der Waals surface area (Å²) in [6.45, 7) is 0. The number of hydrogen-bond acceptors (Lipinski definition) is 1. The summed E-state index contributed by atoms with van der Waals surface area (Å²) >= 11 is 0. The van der Waals surface area contributed by atoms with Crippen LogP contribution in [0.5, 0.6) is 0 Å². The normalized spacial score (nSPS) is 11.3. The topological polar surface area (TPSA) is 3.24 Å². The van der Waals surface area contributed by atoms with Crippen molar-refractivity contribution in [2.75, 3.05) is 4.90 Å². The average Bonchev–Trinajstić information content (AvgIpc) is 3.41. The lowest BCUT2D eigenvalue weighted by molar-refractivity contribution is 1.28. The van der Waals surface area contributed by atoms with Gasteiger partial charge in [-0.15, -0.1) is 0 Å². The van der Waals surface area contributed by atoms with E-state index in [-0.39, 0.29) is 0 Å². The van der Waals surface area contributed by atoms with Crippen LogP contribution < -0.4 is 4.90 Å². The molecule has 0 bridgehead atoms. The third-order valence-corrected chi connectivity index (χ3v) is 13.3. The van der Waals surface area contributed by atoms with E-state index in [2.05, 4.69) is 278 Å². The second-order valence-electron chi connectivity index (χ2n) is 17.2. The molecule has 12 aromatic rings. The molecular weight excluding hydrogens is 807 g/mol. The number of anilines is 3. The van der Waals surface area contributed by atoms with Gasteiger partial charge in [0.2, 0.25) is 0 Å². The van der Waals surface area contributed by atoms with Gasteiger partial charge in [0.15, 0.2) is 0 Å². The molecule has 0 aromatic heterocycles. The number of benzene rings is 12. The highest BCUT2D eigenvalue weighted by Crippen LogP contribution is 2.44. The summed E-state index contributed by atoms with van der Waals surface area (Å²) in [4.78, 5) is 2.40. The third kappa shape index (κ3) is 7.53. The summed E-state index contributed by atoms with van der Waals surface area (Å²) in [5.74, 6) is 0. The summed E-state index contributed by atoms with van der Waals surface area (Å²) in [7, 11) is 0. The number of fused-ring (bicyclic) bond motifs is 4. The van der Waals surface area contributed by atoms with Crippen molar-refractivity contribution in [2.24, 2.45) is 0 Å². The molecular formula is C66H45N. The maximum absolute atomic E-state index is 2.40. The number of nitrogens with zero attached hydrogens (tertiary/aromatic N) is 1. The molecule has 0 saturated carbocycles. The van der Waals surface area contributed by atoms with E-state index >= 15 is 0 Å². The number of hydrogen-bond donors (Lipinski definition) is 0. The monoisotopic (exact) mass is 851 g/mol. The predicted octanol–water partition coefficient (Wildman–Crippen LogP) is 18.6. The van der Waals surface area contributed by atoms with Crippen molar-refractivity contribution in [3.8, 4) is 66.8 Å². The first-order valence-electron chi connectivity index (χ1n) is 23.1. The first kappa shape index (κ1) is 39.8. The molecule has 0 aliphatic carbocycles. The third-order valence-electron chi connectivity index (χ3n) is 13.3. The lowest BCUT2D eigenvalue weighted by Gasteiger charge is -2.27. The van der Waals surface area contributed by atoms with Gasteiger partial charge in [-0.3, -0.25) is 0 Å². The smallest absolute Gasteiger partial charge is 0.0467 e. The van der Waals surface area contributed by atoms with Gasteiger partial charge < -0.3 is 4.90 Å². The van der Waals surface area contributed by atoms with Crippen LogP contribution >= 0.6 is 0 Å². The van der Waals surface area contributed by atoms with Crippen LogP contribution in [0.2, 0.25) is 0 Å². The fraction of sp³-hybridized carbons (Fsp3) is 0. The lowest BCUT2D eigenvalue weighted by Crippen LogP contribution is -2.10. The Balaban J connectivity index is 0.991. The van der Waals surface area contributed by atoms with E-state index < -0.39 is 0 Å². The molecule has 12 rings (SSSR count). The molecule has 0 saturated heterocycles. The Morgan fingerprint density at radius 1 is 0.194 bits per heavy atom. The van der Waals surface area contributed by atoms with E-state index in [1.807, 2.05) is 0 Å². The first-order valence-corrected chi connectivity index (χ1v) is 23.1. The Hall–Kier alpha value is -8.78. The van der Waals surface area contributed by atoms with Crippen LogP contribution in [-0.4, -0.2) is 0 Å². The highest BCUT2D eigenvalue weighted by molar-refractivity contribution is 6.14. The van der Waals surface area contributed by atoms with Gasteiger partial charge in [-0.1, -0.05) is 224 Å². The highest BCUT2D eigenvalue weighted by atomic mass is 15.1. The molecule has 314 valence electrons. The van der Waals surface area contributed by atoms with Crippen molar-refractivity contribution in [1.82, 2.24) is 0 Å². The molecule has 0 radical (unpaired) electrons. The molecule has 0 unspecified atom stereocenters. The summed E-state index contributed by atoms with van der Waals surface area (Å²) in [6.07, 6.45) is 0. The van der Waals surface area contributed by atoms with Crippen molar-refractivity contribution in [3.63, 3.8) is 0 Å². The first-order chi connectivity index (χ1) is 33.2. The van der Waals surface area contributed by atoms with Gasteiger partial charge in [0, 0.05) is 17.1 Å². The summed E-state index contributed by atoms with van der Waals surface area (Å²) in [6, 6.07) is 99.4. The Morgan fingerprint density at radius 3 is 1.36 bits per heavy atom. The Labute approximate surface area is 392 Å². The molecule has 0 N–H and O–H groups in total. The molecule has 67 heavy (non-hydrogen) atoms. The maximum Gasteiger partial charge on any atom is 0.0467 e. The zero-order valence-corrected chi connectivity index (χ0v) is 36.9. The summed E-state index contributed by atoms with van der Waals surface area (Å²) in [5.41, 5.74) is 17.7. The Bertz CT molecular complexity index is 3710. The van der Waals surface area contributed by atoms with Gasteiger partial charge in [0.1, 0.15) is 0 Å². The maximum atomic E-state index is 2.40. The molecule has 0 spiro atoms. The molecule has 12 aromatic carbocycles. The van der Waals surface area contributed by atoms with E-state index in [1.165, 1.54) is 93.5 Å². The van der Waals surface area contributed by atoms with Crippen LogP contribution in [0.15, 0.2) is 273 Å². The van der Waals surface area contributed by atoms with Crippen molar-refractivity contribution in [1.29, 1.82) is 0 Å². The van der Waals surface area contributed by atoms with Crippen molar-refractivity contribution < 1.29 is 0 Å². The minimum absolute atomic E-state index is 1.08. The fourth-order valence-electron chi connectivity index (χ4n) is 10.0. The average molecular weight is 852 g/mol. The van der Waals surface area contributed by atoms with Crippen molar-refractivity contribution in [2.45, 2.75) is 0 Å². The molecule has 0 aliphatic rings. The highest BCUT2D eigenvalue weighted by Gasteiger charge is 2.18. The number of rotatable bonds is 9. The van der Waals surface area contributed by atoms with E-state index in [0.717, 1.165) is 22.6 Å². The molecule has 0 amide bonds. The van der Waals surface area contributed by atoms with Gasteiger partial charge in [-0.2, -0.15) is 0 Å².